The number of ether oxygens (including phenoxy) is 1. The van der Waals surface area contributed by atoms with Crippen LogP contribution in [0.25, 0.3) is 6.08 Å². The molecular weight excluding hydrogens is 377 g/mol. The normalized spacial score (nSPS) is 15.0. The molecule has 1 saturated heterocycles. The van der Waals surface area contributed by atoms with Crippen LogP contribution in [0.2, 0.25) is 0 Å². The van der Waals surface area contributed by atoms with Crippen molar-refractivity contribution in [2.75, 3.05) is 33.4 Å². The summed E-state index contributed by atoms with van der Waals surface area (Å²) in [5.41, 5.74) is 0.907. The van der Waals surface area contributed by atoms with Gasteiger partial charge >= 0.3 is 0 Å². The molecule has 0 radical (unpaired) electrons. The Balaban J connectivity index is 1.50. The SMILES string of the molecule is COCCNC(=O)c1cn(C2CCN(C(=O)/C=C\c3cccc(F)c3)CC2)nn1. The molecule has 2 heterocycles. The van der Waals surface area contributed by atoms with Crippen molar-refractivity contribution in [3.63, 3.8) is 0 Å². The summed E-state index contributed by atoms with van der Waals surface area (Å²) in [6.45, 7) is 1.99. The van der Waals surface area contributed by atoms with Crippen molar-refractivity contribution in [2.24, 2.45) is 0 Å². The van der Waals surface area contributed by atoms with Crippen molar-refractivity contribution >= 4 is 17.9 Å². The summed E-state index contributed by atoms with van der Waals surface area (Å²) in [6, 6.07) is 6.17. The molecule has 1 aliphatic rings. The third-order valence-corrected chi connectivity index (χ3v) is 4.75. The van der Waals surface area contributed by atoms with Crippen LogP contribution >= 0.6 is 0 Å². The summed E-state index contributed by atoms with van der Waals surface area (Å²) in [5.74, 6) is -0.729. The van der Waals surface area contributed by atoms with Crippen LogP contribution in [0.5, 0.6) is 0 Å². The minimum atomic E-state index is -0.333. The molecule has 0 unspecified atom stereocenters. The lowest BCUT2D eigenvalue weighted by Crippen LogP contribution is -2.38. The highest BCUT2D eigenvalue weighted by atomic mass is 19.1. The highest BCUT2D eigenvalue weighted by Gasteiger charge is 2.24. The maximum absolute atomic E-state index is 13.2. The summed E-state index contributed by atoms with van der Waals surface area (Å²) in [4.78, 5) is 26.1. The number of hydrogen-bond donors (Lipinski definition) is 1. The second-order valence-corrected chi connectivity index (χ2v) is 6.78. The molecule has 2 amide bonds. The highest BCUT2D eigenvalue weighted by molar-refractivity contribution is 5.92. The van der Waals surface area contributed by atoms with Gasteiger partial charge in [-0.1, -0.05) is 17.3 Å². The fraction of sp³-hybridized carbons (Fsp3) is 0.400. The van der Waals surface area contributed by atoms with Gasteiger partial charge in [-0.2, -0.15) is 0 Å². The number of halogens is 1. The zero-order valence-electron chi connectivity index (χ0n) is 16.3. The van der Waals surface area contributed by atoms with Crippen LogP contribution in [-0.2, 0) is 9.53 Å². The number of carbonyl (C=O) groups excluding carboxylic acids is 2. The van der Waals surface area contributed by atoms with Crippen molar-refractivity contribution in [1.82, 2.24) is 25.2 Å². The van der Waals surface area contributed by atoms with E-state index < -0.39 is 0 Å². The number of nitrogens with zero attached hydrogens (tertiary/aromatic N) is 4. The number of amides is 2. The predicted octanol–water partition coefficient (Wildman–Crippen LogP) is 1.67. The zero-order chi connectivity index (χ0) is 20.6. The third kappa shape index (κ3) is 5.71. The van der Waals surface area contributed by atoms with E-state index in [1.165, 1.54) is 18.2 Å². The van der Waals surface area contributed by atoms with Gasteiger partial charge < -0.3 is 15.0 Å². The molecule has 8 nitrogen and oxygen atoms in total. The molecule has 0 bridgehead atoms. The molecule has 1 aromatic carbocycles. The third-order valence-electron chi connectivity index (χ3n) is 4.75. The van der Waals surface area contributed by atoms with Crippen LogP contribution in [0.3, 0.4) is 0 Å². The maximum Gasteiger partial charge on any atom is 0.273 e. The number of carbonyl (C=O) groups is 2. The number of piperidine rings is 1. The van der Waals surface area contributed by atoms with Crippen LogP contribution < -0.4 is 5.32 Å². The van der Waals surface area contributed by atoms with E-state index in [0.29, 0.717) is 44.6 Å². The molecule has 2 aromatic rings. The fourth-order valence-electron chi connectivity index (χ4n) is 3.15. The molecule has 0 aliphatic carbocycles. The molecule has 1 N–H and O–H groups in total. The average Bonchev–Trinajstić information content (AvgIpc) is 3.23. The largest absolute Gasteiger partial charge is 0.383 e. The Kier molecular flexibility index (Phi) is 7.07. The van der Waals surface area contributed by atoms with Gasteiger partial charge in [-0.05, 0) is 36.6 Å². The van der Waals surface area contributed by atoms with Crippen molar-refractivity contribution in [1.29, 1.82) is 0 Å². The Bertz CT molecular complexity index is 875. The Hall–Kier alpha value is -3.07. The zero-order valence-corrected chi connectivity index (χ0v) is 16.3. The molecule has 1 aromatic heterocycles. The first-order chi connectivity index (χ1) is 14.1. The van der Waals surface area contributed by atoms with Crippen LogP contribution in [0.4, 0.5) is 4.39 Å². The molecule has 154 valence electrons. The molecule has 9 heteroatoms. The Morgan fingerprint density at radius 3 is 2.86 bits per heavy atom. The first-order valence-corrected chi connectivity index (χ1v) is 9.48. The lowest BCUT2D eigenvalue weighted by molar-refractivity contribution is -0.127. The molecule has 1 fully saturated rings. The minimum Gasteiger partial charge on any atom is -0.383 e. The van der Waals surface area contributed by atoms with Crippen molar-refractivity contribution < 1.29 is 18.7 Å². The van der Waals surface area contributed by atoms with E-state index in [2.05, 4.69) is 15.6 Å². The lowest BCUT2D eigenvalue weighted by atomic mass is 10.1. The smallest absolute Gasteiger partial charge is 0.273 e. The van der Waals surface area contributed by atoms with E-state index in [1.54, 1.807) is 41.1 Å². The van der Waals surface area contributed by atoms with E-state index in [0.717, 1.165) is 0 Å². The van der Waals surface area contributed by atoms with Gasteiger partial charge in [0.1, 0.15) is 5.82 Å². The van der Waals surface area contributed by atoms with Crippen molar-refractivity contribution in [3.8, 4) is 0 Å². The lowest BCUT2D eigenvalue weighted by Gasteiger charge is -2.31. The van der Waals surface area contributed by atoms with E-state index in [4.69, 9.17) is 4.74 Å². The summed E-state index contributed by atoms with van der Waals surface area (Å²) in [6.07, 6.45) is 6.14. The first-order valence-electron chi connectivity index (χ1n) is 9.48. The molecular formula is C20H24FN5O3. The Morgan fingerprint density at radius 2 is 2.14 bits per heavy atom. The number of benzene rings is 1. The highest BCUT2D eigenvalue weighted by Crippen LogP contribution is 2.22. The van der Waals surface area contributed by atoms with Gasteiger partial charge in [0, 0.05) is 32.8 Å². The van der Waals surface area contributed by atoms with E-state index in [9.17, 15) is 14.0 Å². The number of likely N-dealkylation sites (tertiary alicyclic amines) is 1. The van der Waals surface area contributed by atoms with E-state index in [-0.39, 0.29) is 29.4 Å². The molecule has 1 aliphatic heterocycles. The molecule has 0 spiro atoms. The standard InChI is InChI=1S/C20H24FN5O3/c1-29-12-9-22-20(28)18-14-26(24-23-18)17-7-10-25(11-8-17)19(27)6-5-15-3-2-4-16(21)13-15/h2-6,13-14,17H,7-12H2,1H3,(H,22,28)/b6-5-. The fourth-order valence-corrected chi connectivity index (χ4v) is 3.15. The van der Waals surface area contributed by atoms with Crippen molar-refractivity contribution in [3.05, 3.63) is 53.6 Å². The second-order valence-electron chi connectivity index (χ2n) is 6.78. The van der Waals surface area contributed by atoms with Crippen LogP contribution in [0.15, 0.2) is 36.5 Å². The maximum atomic E-state index is 13.2. The van der Waals surface area contributed by atoms with Gasteiger partial charge in [0.25, 0.3) is 5.91 Å². The van der Waals surface area contributed by atoms with Crippen LogP contribution in [0.1, 0.15) is 34.9 Å². The Morgan fingerprint density at radius 1 is 1.34 bits per heavy atom. The number of rotatable bonds is 7. The van der Waals surface area contributed by atoms with Gasteiger partial charge in [0.15, 0.2) is 5.69 Å². The van der Waals surface area contributed by atoms with Gasteiger partial charge in [0.2, 0.25) is 5.91 Å². The van der Waals surface area contributed by atoms with Crippen LogP contribution in [-0.4, -0.2) is 65.1 Å². The topological polar surface area (TPSA) is 89.4 Å². The number of hydrogen-bond acceptors (Lipinski definition) is 5. The van der Waals surface area contributed by atoms with Gasteiger partial charge in [-0.15, -0.1) is 5.10 Å². The molecule has 0 atom stereocenters. The summed E-state index contributed by atoms with van der Waals surface area (Å²) in [7, 11) is 1.57. The average molecular weight is 401 g/mol. The molecule has 0 saturated carbocycles. The second kappa shape index (κ2) is 9.92. The van der Waals surface area contributed by atoms with E-state index in [1.807, 2.05) is 0 Å². The quantitative estimate of drug-likeness (QED) is 0.563. The van der Waals surface area contributed by atoms with Crippen LogP contribution in [0, 0.1) is 5.82 Å². The predicted molar refractivity (Wildman–Crippen MR) is 105 cm³/mol. The van der Waals surface area contributed by atoms with Crippen molar-refractivity contribution in [2.45, 2.75) is 18.9 Å². The number of methoxy groups -OCH3 is 1. The monoisotopic (exact) mass is 401 g/mol. The molecule has 3 rings (SSSR count). The van der Waals surface area contributed by atoms with Gasteiger partial charge in [-0.3, -0.25) is 9.59 Å². The molecule has 29 heavy (non-hydrogen) atoms. The number of nitrogens with one attached hydrogen (secondary N) is 1. The Labute approximate surface area is 168 Å². The summed E-state index contributed by atoms with van der Waals surface area (Å²) in [5, 5.41) is 10.7. The summed E-state index contributed by atoms with van der Waals surface area (Å²) >= 11 is 0. The van der Waals surface area contributed by atoms with Gasteiger partial charge in [-0.25, -0.2) is 9.07 Å². The van der Waals surface area contributed by atoms with Gasteiger partial charge in [0.05, 0.1) is 18.8 Å². The summed E-state index contributed by atoms with van der Waals surface area (Å²) < 4.78 is 19.8. The van der Waals surface area contributed by atoms with E-state index >= 15 is 0 Å². The first kappa shape index (κ1) is 20.7. The minimum absolute atomic E-state index is 0.0827. The number of aromatic nitrogens is 3.